The van der Waals surface area contributed by atoms with E-state index in [0.717, 1.165) is 8.95 Å². The highest BCUT2D eigenvalue weighted by atomic mass is 79.9. The van der Waals surface area contributed by atoms with Crippen molar-refractivity contribution < 1.29 is 19.0 Å². The van der Waals surface area contributed by atoms with Crippen LogP contribution in [0.3, 0.4) is 0 Å². The fourth-order valence-electron chi connectivity index (χ4n) is 1.07. The van der Waals surface area contributed by atoms with Crippen LogP contribution in [0.25, 0.3) is 0 Å². The van der Waals surface area contributed by atoms with Gasteiger partial charge >= 0.3 is 6.16 Å². The first kappa shape index (κ1) is 15.0. The number of rotatable bonds is 5. The highest BCUT2D eigenvalue weighted by Crippen LogP contribution is 2.32. The molecule has 1 atom stereocenters. The third-order valence-corrected chi connectivity index (χ3v) is 3.80. The van der Waals surface area contributed by atoms with Gasteiger partial charge in [0.05, 0.1) is 4.47 Å². The molecule has 0 fully saturated rings. The van der Waals surface area contributed by atoms with Crippen LogP contribution < -0.4 is 4.74 Å². The van der Waals surface area contributed by atoms with E-state index >= 15 is 0 Å². The van der Waals surface area contributed by atoms with Crippen LogP contribution in [-0.4, -0.2) is 19.1 Å². The molecular formula is C12H12Br2O4. The first-order chi connectivity index (χ1) is 8.54. The number of halogens is 2. The van der Waals surface area contributed by atoms with Crippen molar-refractivity contribution in [3.05, 3.63) is 39.8 Å². The summed E-state index contributed by atoms with van der Waals surface area (Å²) in [5.41, 5.74) is 0. The minimum Gasteiger partial charge on any atom is -0.454 e. The molecule has 1 rings (SSSR count). The van der Waals surface area contributed by atoms with Gasteiger partial charge in [0.2, 0.25) is 6.29 Å². The van der Waals surface area contributed by atoms with Gasteiger partial charge in [0.15, 0.2) is 0 Å². The summed E-state index contributed by atoms with van der Waals surface area (Å²) in [4.78, 5) is 11.2. The van der Waals surface area contributed by atoms with E-state index in [9.17, 15) is 4.79 Å². The first-order valence-corrected chi connectivity index (χ1v) is 6.68. The number of benzene rings is 1. The molecule has 0 amide bonds. The summed E-state index contributed by atoms with van der Waals surface area (Å²) < 4.78 is 16.6. The van der Waals surface area contributed by atoms with Crippen molar-refractivity contribution in [2.24, 2.45) is 0 Å². The maximum absolute atomic E-state index is 11.2. The molecule has 0 spiro atoms. The molecule has 0 heterocycles. The molecule has 6 heteroatoms. The van der Waals surface area contributed by atoms with Gasteiger partial charge in [-0.05, 0) is 44.0 Å². The number of hydrogen-bond donors (Lipinski definition) is 0. The van der Waals surface area contributed by atoms with Gasteiger partial charge < -0.3 is 14.2 Å². The van der Waals surface area contributed by atoms with Crippen LogP contribution in [0.4, 0.5) is 4.79 Å². The van der Waals surface area contributed by atoms with E-state index < -0.39 is 12.4 Å². The fraction of sp³-hybridized carbons (Fsp3) is 0.250. The molecule has 0 aromatic heterocycles. The van der Waals surface area contributed by atoms with Crippen LogP contribution in [0, 0.1) is 0 Å². The lowest BCUT2D eigenvalue weighted by atomic mass is 10.3. The molecular weight excluding hydrogens is 368 g/mol. The van der Waals surface area contributed by atoms with Gasteiger partial charge in [0.1, 0.15) is 12.4 Å². The van der Waals surface area contributed by atoms with Crippen molar-refractivity contribution in [3.8, 4) is 5.75 Å². The maximum atomic E-state index is 11.2. The summed E-state index contributed by atoms with van der Waals surface area (Å²) in [5, 5.41) is 0. The van der Waals surface area contributed by atoms with Crippen LogP contribution in [0.15, 0.2) is 39.8 Å². The molecule has 1 aromatic carbocycles. The minimum atomic E-state index is -0.798. The molecule has 0 radical (unpaired) electrons. The highest BCUT2D eigenvalue weighted by Gasteiger charge is 2.13. The van der Waals surface area contributed by atoms with Gasteiger partial charge in [-0.25, -0.2) is 4.79 Å². The van der Waals surface area contributed by atoms with Crippen LogP contribution in [0.2, 0.25) is 0 Å². The third-order valence-electron chi connectivity index (χ3n) is 1.79. The Kier molecular flexibility index (Phi) is 6.21. The summed E-state index contributed by atoms with van der Waals surface area (Å²) >= 11 is 6.71. The van der Waals surface area contributed by atoms with E-state index in [2.05, 4.69) is 43.2 Å². The molecule has 4 nitrogen and oxygen atoms in total. The number of hydrogen-bond acceptors (Lipinski definition) is 4. The lowest BCUT2D eigenvalue weighted by Crippen LogP contribution is -2.21. The topological polar surface area (TPSA) is 44.8 Å². The first-order valence-electron chi connectivity index (χ1n) is 5.09. The Morgan fingerprint density at radius 3 is 2.89 bits per heavy atom. The zero-order chi connectivity index (χ0) is 13.5. The molecule has 1 unspecified atom stereocenters. The second kappa shape index (κ2) is 7.43. The molecule has 0 saturated carbocycles. The SMILES string of the molecule is C=CCOC(=O)OC(C)Oc1cccc(Br)c1Br. The van der Waals surface area contributed by atoms with Crippen LogP contribution in [-0.2, 0) is 9.47 Å². The number of carbonyl (C=O) groups excluding carboxylic acids is 1. The largest absolute Gasteiger partial charge is 0.511 e. The Morgan fingerprint density at radius 2 is 2.22 bits per heavy atom. The summed E-state index contributed by atoms with van der Waals surface area (Å²) in [6.45, 7) is 5.13. The zero-order valence-electron chi connectivity index (χ0n) is 9.69. The average molecular weight is 380 g/mol. The van der Waals surface area contributed by atoms with Gasteiger partial charge in [-0.3, -0.25) is 0 Å². The zero-order valence-corrected chi connectivity index (χ0v) is 12.9. The Bertz CT molecular complexity index is 434. The van der Waals surface area contributed by atoms with Gasteiger partial charge in [-0.15, -0.1) is 0 Å². The van der Waals surface area contributed by atoms with Gasteiger partial charge in [-0.2, -0.15) is 0 Å². The quantitative estimate of drug-likeness (QED) is 0.435. The number of carbonyl (C=O) groups is 1. The Labute approximate surface area is 122 Å². The summed E-state index contributed by atoms with van der Waals surface area (Å²) in [6, 6.07) is 5.43. The second-order valence-corrected chi connectivity index (χ2v) is 4.85. The lowest BCUT2D eigenvalue weighted by molar-refractivity contribution is -0.0508. The fourth-order valence-corrected chi connectivity index (χ4v) is 1.78. The predicted molar refractivity (Wildman–Crippen MR) is 74.6 cm³/mol. The molecule has 0 saturated heterocycles. The second-order valence-electron chi connectivity index (χ2n) is 3.20. The highest BCUT2D eigenvalue weighted by molar-refractivity contribution is 9.13. The van der Waals surface area contributed by atoms with Crippen molar-refractivity contribution in [2.75, 3.05) is 6.61 Å². The van der Waals surface area contributed by atoms with Crippen molar-refractivity contribution in [3.63, 3.8) is 0 Å². The van der Waals surface area contributed by atoms with Crippen molar-refractivity contribution in [2.45, 2.75) is 13.2 Å². The predicted octanol–water partition coefficient (Wildman–Crippen LogP) is 4.28. The molecule has 0 aliphatic heterocycles. The standard InChI is InChI=1S/C12H12Br2O4/c1-3-7-16-12(15)18-8(2)17-10-6-4-5-9(13)11(10)14/h3-6,8H,1,7H2,2H3. The third kappa shape index (κ3) is 4.70. The van der Waals surface area contributed by atoms with E-state index in [1.54, 1.807) is 13.0 Å². The molecule has 18 heavy (non-hydrogen) atoms. The van der Waals surface area contributed by atoms with E-state index in [0.29, 0.717) is 5.75 Å². The molecule has 0 bridgehead atoms. The van der Waals surface area contributed by atoms with E-state index in [4.69, 9.17) is 9.47 Å². The van der Waals surface area contributed by atoms with E-state index in [1.807, 2.05) is 12.1 Å². The summed E-state index contributed by atoms with van der Waals surface area (Å²) in [5.74, 6) is 0.563. The van der Waals surface area contributed by atoms with Crippen molar-refractivity contribution in [1.29, 1.82) is 0 Å². The average Bonchev–Trinajstić information content (AvgIpc) is 2.32. The summed E-state index contributed by atoms with van der Waals surface area (Å²) in [7, 11) is 0. The molecule has 0 aliphatic rings. The molecule has 0 aliphatic carbocycles. The van der Waals surface area contributed by atoms with Crippen LogP contribution >= 0.6 is 31.9 Å². The monoisotopic (exact) mass is 378 g/mol. The Balaban J connectivity index is 2.54. The molecule has 1 aromatic rings. The van der Waals surface area contributed by atoms with Gasteiger partial charge in [-0.1, -0.05) is 18.7 Å². The number of ether oxygens (including phenoxy) is 3. The van der Waals surface area contributed by atoms with Crippen molar-refractivity contribution in [1.82, 2.24) is 0 Å². The Hall–Kier alpha value is -1.01. The normalized spacial score (nSPS) is 11.5. The Morgan fingerprint density at radius 1 is 1.50 bits per heavy atom. The smallest absolute Gasteiger partial charge is 0.454 e. The van der Waals surface area contributed by atoms with Gasteiger partial charge in [0.25, 0.3) is 0 Å². The van der Waals surface area contributed by atoms with E-state index in [-0.39, 0.29) is 6.61 Å². The van der Waals surface area contributed by atoms with E-state index in [1.165, 1.54) is 6.08 Å². The molecule has 0 N–H and O–H groups in total. The lowest BCUT2D eigenvalue weighted by Gasteiger charge is -2.16. The van der Waals surface area contributed by atoms with Crippen molar-refractivity contribution >= 4 is 38.0 Å². The molecule has 98 valence electrons. The minimum absolute atomic E-state index is 0.103. The summed E-state index contributed by atoms with van der Waals surface area (Å²) in [6.07, 6.45) is -0.0982. The maximum Gasteiger partial charge on any atom is 0.511 e. The van der Waals surface area contributed by atoms with Crippen LogP contribution in [0.5, 0.6) is 5.75 Å². The van der Waals surface area contributed by atoms with Gasteiger partial charge in [0, 0.05) is 11.4 Å². The van der Waals surface area contributed by atoms with Crippen LogP contribution in [0.1, 0.15) is 6.92 Å².